The Hall–Kier alpha value is -0.480. The van der Waals surface area contributed by atoms with Crippen molar-refractivity contribution in [3.8, 4) is 0 Å². The molecule has 1 aromatic rings. The molecule has 2 bridgehead atoms. The molecule has 1 aromatic heterocycles. The van der Waals surface area contributed by atoms with Crippen LogP contribution in [0.2, 0.25) is 5.02 Å². The molecule has 2 atom stereocenters. The number of hydrogen-bond donors (Lipinski definition) is 0. The average Bonchev–Trinajstić information content (AvgIpc) is 2.80. The van der Waals surface area contributed by atoms with Crippen LogP contribution < -0.4 is 4.90 Å². The van der Waals surface area contributed by atoms with E-state index >= 15 is 0 Å². The molecule has 2 saturated heterocycles. The summed E-state index contributed by atoms with van der Waals surface area (Å²) in [5.74, 6) is 2.05. The molecule has 2 fully saturated rings. The van der Waals surface area contributed by atoms with Crippen molar-refractivity contribution in [2.45, 2.75) is 17.7 Å². The lowest BCUT2D eigenvalue weighted by Gasteiger charge is -2.26. The van der Waals surface area contributed by atoms with E-state index in [9.17, 15) is 0 Å². The molecule has 0 aliphatic carbocycles. The van der Waals surface area contributed by atoms with E-state index in [1.807, 2.05) is 0 Å². The molecule has 0 aromatic carbocycles. The minimum Gasteiger partial charge on any atom is -0.336 e. The van der Waals surface area contributed by atoms with Crippen molar-refractivity contribution < 1.29 is 0 Å². The molecule has 0 spiro atoms. The van der Waals surface area contributed by atoms with Gasteiger partial charge in [0.2, 0.25) is 5.95 Å². The molecule has 2 aliphatic heterocycles. The van der Waals surface area contributed by atoms with Crippen LogP contribution in [0.1, 0.15) is 6.42 Å². The molecule has 14 heavy (non-hydrogen) atoms. The second-order valence-electron chi connectivity index (χ2n) is 3.70. The first-order chi connectivity index (χ1) is 6.83. The Morgan fingerprint density at radius 1 is 1.43 bits per heavy atom. The van der Waals surface area contributed by atoms with Gasteiger partial charge in [-0.1, -0.05) is 11.6 Å². The highest BCUT2D eigenvalue weighted by atomic mass is 35.5. The van der Waals surface area contributed by atoms with Crippen LogP contribution in [0.3, 0.4) is 0 Å². The largest absolute Gasteiger partial charge is 0.336 e. The number of nitrogens with zero attached hydrogens (tertiary/aromatic N) is 3. The fourth-order valence-corrected chi connectivity index (χ4v) is 3.63. The SMILES string of the molecule is Clc1cnc(N2CC3CC2CS3)nc1. The van der Waals surface area contributed by atoms with Crippen molar-refractivity contribution in [3.05, 3.63) is 17.4 Å². The summed E-state index contributed by atoms with van der Waals surface area (Å²) in [5.41, 5.74) is 0. The Morgan fingerprint density at radius 3 is 2.79 bits per heavy atom. The zero-order chi connectivity index (χ0) is 9.54. The second-order valence-corrected chi connectivity index (χ2v) is 5.47. The van der Waals surface area contributed by atoms with Gasteiger partial charge in [0.25, 0.3) is 0 Å². The van der Waals surface area contributed by atoms with Crippen LogP contribution in [0.5, 0.6) is 0 Å². The fraction of sp³-hybridized carbons (Fsp3) is 0.556. The lowest BCUT2D eigenvalue weighted by Crippen LogP contribution is -2.35. The summed E-state index contributed by atoms with van der Waals surface area (Å²) >= 11 is 7.82. The fourth-order valence-electron chi connectivity index (χ4n) is 2.10. The van der Waals surface area contributed by atoms with E-state index in [-0.39, 0.29) is 0 Å². The van der Waals surface area contributed by atoms with Crippen molar-refractivity contribution >= 4 is 29.3 Å². The van der Waals surface area contributed by atoms with Gasteiger partial charge in [0, 0.05) is 23.6 Å². The molecule has 0 saturated carbocycles. The molecule has 0 amide bonds. The number of thioether (sulfide) groups is 1. The molecule has 2 aliphatic rings. The van der Waals surface area contributed by atoms with E-state index in [0.717, 1.165) is 17.7 Å². The average molecular weight is 228 g/mol. The van der Waals surface area contributed by atoms with Crippen molar-refractivity contribution in [3.63, 3.8) is 0 Å². The van der Waals surface area contributed by atoms with Gasteiger partial charge in [-0.25, -0.2) is 9.97 Å². The quantitative estimate of drug-likeness (QED) is 0.732. The predicted octanol–water partition coefficient (Wildman–Crippen LogP) is 1.82. The lowest BCUT2D eigenvalue weighted by atomic mass is 10.2. The summed E-state index contributed by atoms with van der Waals surface area (Å²) in [6.07, 6.45) is 4.63. The van der Waals surface area contributed by atoms with Gasteiger partial charge in [0.05, 0.1) is 17.4 Å². The Morgan fingerprint density at radius 2 is 2.21 bits per heavy atom. The number of fused-ring (bicyclic) bond motifs is 2. The van der Waals surface area contributed by atoms with Crippen LogP contribution in [0.25, 0.3) is 0 Å². The van der Waals surface area contributed by atoms with Crippen LogP contribution in [-0.4, -0.2) is 33.6 Å². The van der Waals surface area contributed by atoms with Crippen LogP contribution in [0.4, 0.5) is 5.95 Å². The Balaban J connectivity index is 1.86. The van der Waals surface area contributed by atoms with Gasteiger partial charge in [-0.05, 0) is 6.42 Å². The molecule has 0 radical (unpaired) electrons. The number of anilines is 1. The maximum absolute atomic E-state index is 5.75. The van der Waals surface area contributed by atoms with Gasteiger partial charge in [-0.3, -0.25) is 0 Å². The highest BCUT2D eigenvalue weighted by molar-refractivity contribution is 8.00. The highest BCUT2D eigenvalue weighted by Crippen LogP contribution is 2.38. The summed E-state index contributed by atoms with van der Waals surface area (Å²) in [4.78, 5) is 10.8. The Bertz CT molecular complexity index is 342. The Labute approximate surface area is 91.9 Å². The molecule has 3 heterocycles. The zero-order valence-electron chi connectivity index (χ0n) is 7.56. The van der Waals surface area contributed by atoms with Crippen molar-refractivity contribution in [2.75, 3.05) is 17.2 Å². The third kappa shape index (κ3) is 1.37. The van der Waals surface area contributed by atoms with Crippen LogP contribution in [-0.2, 0) is 0 Å². The molecular formula is C9H10ClN3S. The van der Waals surface area contributed by atoms with E-state index in [2.05, 4.69) is 26.6 Å². The topological polar surface area (TPSA) is 29.0 Å². The first kappa shape index (κ1) is 8.80. The maximum atomic E-state index is 5.75. The molecule has 5 heteroatoms. The first-order valence-electron chi connectivity index (χ1n) is 4.69. The van der Waals surface area contributed by atoms with Gasteiger partial charge >= 0.3 is 0 Å². The van der Waals surface area contributed by atoms with Crippen molar-refractivity contribution in [1.82, 2.24) is 9.97 Å². The van der Waals surface area contributed by atoms with E-state index in [1.165, 1.54) is 12.2 Å². The van der Waals surface area contributed by atoms with Gasteiger partial charge in [-0.2, -0.15) is 11.8 Å². The standard InChI is InChI=1S/C9H10ClN3S/c10-6-2-11-9(12-3-6)13-4-8-1-7(13)5-14-8/h2-3,7-8H,1,4-5H2. The van der Waals surface area contributed by atoms with Crippen molar-refractivity contribution in [2.24, 2.45) is 0 Å². The predicted molar refractivity (Wildman–Crippen MR) is 59.0 cm³/mol. The normalized spacial score (nSPS) is 29.9. The third-order valence-electron chi connectivity index (χ3n) is 2.76. The minimum absolute atomic E-state index is 0.604. The van der Waals surface area contributed by atoms with Gasteiger partial charge in [0.15, 0.2) is 0 Å². The smallest absolute Gasteiger partial charge is 0.225 e. The van der Waals surface area contributed by atoms with Gasteiger partial charge in [0.1, 0.15) is 0 Å². The number of aromatic nitrogens is 2. The van der Waals surface area contributed by atoms with E-state index in [1.54, 1.807) is 12.4 Å². The summed E-state index contributed by atoms with van der Waals surface area (Å²) in [6.45, 7) is 1.09. The molecule has 3 nitrogen and oxygen atoms in total. The van der Waals surface area contributed by atoms with E-state index < -0.39 is 0 Å². The van der Waals surface area contributed by atoms with E-state index in [4.69, 9.17) is 11.6 Å². The van der Waals surface area contributed by atoms with Crippen molar-refractivity contribution in [1.29, 1.82) is 0 Å². The summed E-state index contributed by atoms with van der Waals surface area (Å²) in [7, 11) is 0. The van der Waals surface area contributed by atoms with Crippen LogP contribution >= 0.6 is 23.4 Å². The maximum Gasteiger partial charge on any atom is 0.225 e. The van der Waals surface area contributed by atoms with Gasteiger partial charge < -0.3 is 4.90 Å². The first-order valence-corrected chi connectivity index (χ1v) is 6.11. The minimum atomic E-state index is 0.604. The van der Waals surface area contributed by atoms with Gasteiger partial charge in [-0.15, -0.1) is 0 Å². The Kier molecular flexibility index (Phi) is 2.06. The number of rotatable bonds is 1. The number of hydrogen-bond acceptors (Lipinski definition) is 4. The summed E-state index contributed by atoms with van der Waals surface area (Å²) in [6, 6.07) is 0.645. The van der Waals surface area contributed by atoms with Crippen LogP contribution in [0.15, 0.2) is 12.4 Å². The number of halogens is 1. The lowest BCUT2D eigenvalue weighted by molar-refractivity contribution is 0.738. The summed E-state index contributed by atoms with van der Waals surface area (Å²) in [5, 5.41) is 1.40. The van der Waals surface area contributed by atoms with Crippen LogP contribution in [0, 0.1) is 0 Å². The monoisotopic (exact) mass is 227 g/mol. The zero-order valence-corrected chi connectivity index (χ0v) is 9.13. The molecule has 3 rings (SSSR count). The molecule has 0 N–H and O–H groups in total. The third-order valence-corrected chi connectivity index (χ3v) is 4.35. The molecule has 2 unspecified atom stereocenters. The van der Waals surface area contributed by atoms with E-state index in [0.29, 0.717) is 11.1 Å². The second kappa shape index (κ2) is 3.28. The summed E-state index contributed by atoms with van der Waals surface area (Å²) < 4.78 is 0. The molecule has 74 valence electrons. The molecular weight excluding hydrogens is 218 g/mol. The highest BCUT2D eigenvalue weighted by Gasteiger charge is 2.39.